The summed E-state index contributed by atoms with van der Waals surface area (Å²) in [6.45, 7) is 2.82. The molecule has 0 amide bonds. The molecule has 1 aliphatic carbocycles. The first-order valence-corrected chi connectivity index (χ1v) is 5.93. The first-order valence-electron chi connectivity index (χ1n) is 5.93. The van der Waals surface area contributed by atoms with Crippen LogP contribution >= 0.6 is 0 Å². The van der Waals surface area contributed by atoms with E-state index in [-0.39, 0.29) is 16.7 Å². The van der Waals surface area contributed by atoms with Crippen molar-refractivity contribution in [1.29, 1.82) is 0 Å². The Morgan fingerprint density at radius 3 is 2.53 bits per heavy atom. The summed E-state index contributed by atoms with van der Waals surface area (Å²) in [6, 6.07) is 6.41. The number of rotatable bonds is 1. The lowest BCUT2D eigenvalue weighted by Gasteiger charge is -2.32. The van der Waals surface area contributed by atoms with E-state index in [1.54, 1.807) is 25.1 Å². The lowest BCUT2D eigenvalue weighted by molar-refractivity contribution is -0.125. The largest absolute Gasteiger partial charge is 0.372 e. The van der Waals surface area contributed by atoms with Crippen molar-refractivity contribution in [1.82, 2.24) is 5.32 Å². The molecule has 5 heteroatoms. The van der Waals surface area contributed by atoms with Crippen molar-refractivity contribution >= 4 is 11.6 Å². The summed E-state index contributed by atoms with van der Waals surface area (Å²) >= 11 is 0. The number of carbonyl (C=O) groups excluding carboxylic acids is 2. The summed E-state index contributed by atoms with van der Waals surface area (Å²) in [5, 5.41) is 24.2. The maximum Gasteiger partial charge on any atom is 0.210 e. The van der Waals surface area contributed by atoms with Crippen LogP contribution in [-0.4, -0.2) is 27.4 Å². The van der Waals surface area contributed by atoms with E-state index < -0.39 is 22.9 Å². The molecule has 1 aromatic carbocycles. The van der Waals surface area contributed by atoms with Gasteiger partial charge >= 0.3 is 0 Å². The summed E-state index contributed by atoms with van der Waals surface area (Å²) in [6.07, 6.45) is 0. The Balaban J connectivity index is 2.33. The average molecular weight is 259 g/mol. The Morgan fingerprint density at radius 2 is 1.89 bits per heavy atom. The number of nitrogens with one attached hydrogen (secondary N) is 1. The van der Waals surface area contributed by atoms with Gasteiger partial charge in [-0.15, -0.1) is 0 Å². The number of carbonyl (C=O) groups is 2. The molecule has 0 fully saturated rings. The smallest absolute Gasteiger partial charge is 0.210 e. The molecule has 1 heterocycles. The van der Waals surface area contributed by atoms with Crippen LogP contribution in [0.4, 0.5) is 0 Å². The number of aliphatic hydroxyl groups is 2. The van der Waals surface area contributed by atoms with Crippen molar-refractivity contribution < 1.29 is 19.8 Å². The van der Waals surface area contributed by atoms with E-state index in [0.717, 1.165) is 0 Å². The quantitative estimate of drug-likeness (QED) is 0.672. The maximum atomic E-state index is 12.4. The van der Waals surface area contributed by atoms with Crippen LogP contribution < -0.4 is 5.32 Å². The van der Waals surface area contributed by atoms with Gasteiger partial charge in [0.2, 0.25) is 17.1 Å². The molecule has 2 atom stereocenters. The van der Waals surface area contributed by atoms with Gasteiger partial charge in [0.15, 0.2) is 5.78 Å². The number of hydrogen-bond acceptors (Lipinski definition) is 5. The third kappa shape index (κ3) is 1.12. The topological polar surface area (TPSA) is 86.6 Å². The Morgan fingerprint density at radius 1 is 1.26 bits per heavy atom. The highest BCUT2D eigenvalue weighted by Gasteiger charge is 2.69. The summed E-state index contributed by atoms with van der Waals surface area (Å²) < 4.78 is 0. The fourth-order valence-electron chi connectivity index (χ4n) is 3.13. The molecular weight excluding hydrogens is 246 g/mol. The maximum absolute atomic E-state index is 12.4. The zero-order chi connectivity index (χ0) is 14.0. The molecule has 0 saturated heterocycles. The van der Waals surface area contributed by atoms with Crippen LogP contribution in [0.25, 0.3) is 0 Å². The van der Waals surface area contributed by atoms with Gasteiger partial charge in [0.05, 0.1) is 5.57 Å². The second-order valence-corrected chi connectivity index (χ2v) is 4.98. The Hall–Kier alpha value is -1.98. The second-order valence-electron chi connectivity index (χ2n) is 4.98. The van der Waals surface area contributed by atoms with Gasteiger partial charge in [0, 0.05) is 16.8 Å². The van der Waals surface area contributed by atoms with Crippen LogP contribution in [0.3, 0.4) is 0 Å². The summed E-state index contributed by atoms with van der Waals surface area (Å²) in [4.78, 5) is 24.2. The molecule has 3 N–H and O–H groups in total. The number of ketones is 2. The minimum Gasteiger partial charge on any atom is -0.372 e. The van der Waals surface area contributed by atoms with Crippen molar-refractivity contribution in [3.63, 3.8) is 0 Å². The fraction of sp³-hybridized carbons (Fsp3) is 0.286. The Kier molecular flexibility index (Phi) is 2.11. The van der Waals surface area contributed by atoms with Crippen LogP contribution in [0.15, 0.2) is 35.5 Å². The molecule has 0 radical (unpaired) electrons. The van der Waals surface area contributed by atoms with Crippen LogP contribution in [0, 0.1) is 0 Å². The standard InChI is InChI=1S/C14H13NO4/c1-7-11(8(2)16)13(18)12(17)9-5-3-4-6-10(9)14(13,19)15-7/h3-6,15,18-19H,1-2H3/t13-,14+/m1/s1. The minimum atomic E-state index is -2.24. The van der Waals surface area contributed by atoms with E-state index in [1.807, 2.05) is 0 Å². The highest BCUT2D eigenvalue weighted by molar-refractivity contribution is 6.17. The number of benzene rings is 1. The van der Waals surface area contributed by atoms with Gasteiger partial charge in [0.25, 0.3) is 0 Å². The van der Waals surface area contributed by atoms with Gasteiger partial charge in [-0.05, 0) is 13.8 Å². The highest BCUT2D eigenvalue weighted by Crippen LogP contribution is 2.51. The molecule has 1 aliphatic heterocycles. The molecule has 19 heavy (non-hydrogen) atoms. The number of allylic oxidation sites excluding steroid dienone is 1. The summed E-state index contributed by atoms with van der Waals surface area (Å²) in [5.74, 6) is -1.09. The Labute approximate surface area is 109 Å². The van der Waals surface area contributed by atoms with E-state index in [4.69, 9.17) is 0 Å². The average Bonchev–Trinajstić information content (AvgIpc) is 2.65. The third-order valence-corrected chi connectivity index (χ3v) is 3.87. The van der Waals surface area contributed by atoms with Crippen LogP contribution in [0.1, 0.15) is 29.8 Å². The van der Waals surface area contributed by atoms with Crippen LogP contribution in [-0.2, 0) is 10.5 Å². The molecule has 5 nitrogen and oxygen atoms in total. The molecule has 0 bridgehead atoms. The molecule has 3 rings (SSSR count). The zero-order valence-corrected chi connectivity index (χ0v) is 10.5. The van der Waals surface area contributed by atoms with E-state index >= 15 is 0 Å². The predicted molar refractivity (Wildman–Crippen MR) is 66.1 cm³/mol. The van der Waals surface area contributed by atoms with Gasteiger partial charge in [-0.2, -0.15) is 0 Å². The summed E-state index contributed by atoms with van der Waals surface area (Å²) in [5.41, 5.74) is -3.45. The molecule has 0 saturated carbocycles. The molecule has 0 spiro atoms. The van der Waals surface area contributed by atoms with Gasteiger partial charge in [-0.25, -0.2) is 0 Å². The van der Waals surface area contributed by atoms with Crippen molar-refractivity contribution in [3.8, 4) is 0 Å². The lowest BCUT2D eigenvalue weighted by Crippen LogP contribution is -2.56. The van der Waals surface area contributed by atoms with Crippen LogP contribution in [0.2, 0.25) is 0 Å². The van der Waals surface area contributed by atoms with Gasteiger partial charge < -0.3 is 15.5 Å². The van der Waals surface area contributed by atoms with Crippen molar-refractivity contribution in [2.75, 3.05) is 0 Å². The summed E-state index contributed by atoms with van der Waals surface area (Å²) in [7, 11) is 0. The van der Waals surface area contributed by atoms with Crippen molar-refractivity contribution in [2.24, 2.45) is 0 Å². The lowest BCUT2D eigenvalue weighted by atomic mass is 9.84. The molecule has 0 unspecified atom stereocenters. The first-order chi connectivity index (χ1) is 8.84. The molecule has 0 aromatic heterocycles. The molecule has 98 valence electrons. The SMILES string of the molecule is CC(=O)C1=C(C)N[C@]2(O)c3ccccc3C(=O)[C@]12O. The van der Waals surface area contributed by atoms with Gasteiger partial charge in [-0.3, -0.25) is 9.59 Å². The van der Waals surface area contributed by atoms with Gasteiger partial charge in [-0.1, -0.05) is 24.3 Å². The minimum absolute atomic E-state index is 0.0730. The second kappa shape index (κ2) is 3.31. The number of fused-ring (bicyclic) bond motifs is 3. The molecular formula is C14H13NO4. The third-order valence-electron chi connectivity index (χ3n) is 3.87. The van der Waals surface area contributed by atoms with Gasteiger partial charge in [0.1, 0.15) is 0 Å². The number of hydrogen-bond donors (Lipinski definition) is 3. The fourth-order valence-corrected chi connectivity index (χ4v) is 3.13. The monoisotopic (exact) mass is 259 g/mol. The highest BCUT2D eigenvalue weighted by atomic mass is 16.4. The normalized spacial score (nSPS) is 32.1. The number of Topliss-reactive ketones (excluding diaryl/α,β-unsaturated/α-hetero) is 2. The molecule has 1 aromatic rings. The zero-order valence-electron chi connectivity index (χ0n) is 10.5. The molecule has 2 aliphatic rings. The Bertz CT molecular complexity index is 663. The van der Waals surface area contributed by atoms with E-state index in [0.29, 0.717) is 5.70 Å². The van der Waals surface area contributed by atoms with E-state index in [1.165, 1.54) is 13.0 Å². The van der Waals surface area contributed by atoms with Crippen molar-refractivity contribution in [3.05, 3.63) is 46.7 Å². The van der Waals surface area contributed by atoms with Crippen LogP contribution in [0.5, 0.6) is 0 Å². The van der Waals surface area contributed by atoms with Crippen molar-refractivity contribution in [2.45, 2.75) is 25.2 Å². The van der Waals surface area contributed by atoms with E-state index in [9.17, 15) is 19.8 Å². The first kappa shape index (κ1) is 12.1. The predicted octanol–water partition coefficient (Wildman–Crippen LogP) is 0.225. The van der Waals surface area contributed by atoms with E-state index in [2.05, 4.69) is 5.32 Å².